The average molecular weight is 425 g/mol. The zero-order valence-corrected chi connectivity index (χ0v) is 20.0. The summed E-state index contributed by atoms with van der Waals surface area (Å²) in [6.07, 6.45) is 18.6. The highest BCUT2D eigenvalue weighted by Crippen LogP contribution is 2.41. The van der Waals surface area contributed by atoms with Crippen molar-refractivity contribution in [3.05, 3.63) is 35.4 Å². The number of carbonyl (C=O) groups is 1. The number of carbonyl (C=O) groups excluding carboxylic acids is 1. The van der Waals surface area contributed by atoms with Crippen molar-refractivity contribution >= 4 is 5.91 Å². The lowest BCUT2D eigenvalue weighted by atomic mass is 9.77. The van der Waals surface area contributed by atoms with Gasteiger partial charge < -0.3 is 4.90 Å². The Bertz CT molecular complexity index is 705. The van der Waals surface area contributed by atoms with Crippen LogP contribution in [0.4, 0.5) is 0 Å². The molecule has 1 aromatic carbocycles. The van der Waals surface area contributed by atoms with E-state index in [1.165, 1.54) is 89.0 Å². The van der Waals surface area contributed by atoms with E-state index in [0.717, 1.165) is 12.0 Å². The maximum absolute atomic E-state index is 13.6. The van der Waals surface area contributed by atoms with Crippen LogP contribution in [0.15, 0.2) is 24.3 Å². The van der Waals surface area contributed by atoms with Crippen LogP contribution in [0.25, 0.3) is 0 Å². The van der Waals surface area contributed by atoms with Crippen LogP contribution >= 0.6 is 0 Å². The van der Waals surface area contributed by atoms with Gasteiger partial charge in [0.05, 0.1) is 0 Å². The van der Waals surface area contributed by atoms with Crippen LogP contribution < -0.4 is 5.32 Å². The van der Waals surface area contributed by atoms with Crippen LogP contribution in [0, 0.1) is 11.8 Å². The van der Waals surface area contributed by atoms with E-state index in [1.54, 1.807) is 0 Å². The SMILES string of the molecule is C[C@H]1[C@H](C)CCC[C@@H]1N1C(=O)c2ccccc2[C@H]1NC1CCCCCCCCCCC1. The second-order valence-electron chi connectivity index (χ2n) is 10.7. The van der Waals surface area contributed by atoms with Crippen molar-refractivity contribution in [3.8, 4) is 0 Å². The van der Waals surface area contributed by atoms with E-state index in [2.05, 4.69) is 36.2 Å². The van der Waals surface area contributed by atoms with Gasteiger partial charge in [-0.2, -0.15) is 0 Å². The van der Waals surface area contributed by atoms with Crippen LogP contribution in [0.3, 0.4) is 0 Å². The summed E-state index contributed by atoms with van der Waals surface area (Å²) < 4.78 is 0. The van der Waals surface area contributed by atoms with Crippen molar-refractivity contribution in [2.75, 3.05) is 0 Å². The van der Waals surface area contributed by atoms with Crippen molar-refractivity contribution in [2.24, 2.45) is 11.8 Å². The van der Waals surface area contributed by atoms with Crippen molar-refractivity contribution in [1.29, 1.82) is 0 Å². The van der Waals surface area contributed by atoms with Crippen molar-refractivity contribution < 1.29 is 4.79 Å². The van der Waals surface area contributed by atoms with Gasteiger partial charge in [0.25, 0.3) is 5.91 Å². The monoisotopic (exact) mass is 424 g/mol. The molecular weight excluding hydrogens is 380 g/mol. The lowest BCUT2D eigenvalue weighted by Crippen LogP contribution is -2.51. The highest BCUT2D eigenvalue weighted by molar-refractivity contribution is 5.99. The molecule has 3 heteroatoms. The Morgan fingerprint density at radius 1 is 0.774 bits per heavy atom. The normalized spacial score (nSPS) is 31.7. The molecule has 4 atom stereocenters. The smallest absolute Gasteiger partial charge is 0.256 e. The predicted octanol–water partition coefficient (Wildman–Crippen LogP) is 7.23. The van der Waals surface area contributed by atoms with Gasteiger partial charge in [0, 0.05) is 23.2 Å². The summed E-state index contributed by atoms with van der Waals surface area (Å²) in [5, 5.41) is 4.04. The molecular formula is C28H44N2O. The van der Waals surface area contributed by atoms with E-state index in [4.69, 9.17) is 0 Å². The van der Waals surface area contributed by atoms with E-state index in [1.807, 2.05) is 12.1 Å². The van der Waals surface area contributed by atoms with Gasteiger partial charge in [-0.05, 0) is 37.2 Å². The molecule has 31 heavy (non-hydrogen) atoms. The van der Waals surface area contributed by atoms with Gasteiger partial charge in [-0.15, -0.1) is 0 Å². The fourth-order valence-corrected chi connectivity index (χ4v) is 6.35. The zero-order valence-electron chi connectivity index (χ0n) is 20.0. The quantitative estimate of drug-likeness (QED) is 0.555. The Labute approximate surface area is 190 Å². The van der Waals surface area contributed by atoms with Crippen LogP contribution in [-0.4, -0.2) is 22.9 Å². The summed E-state index contributed by atoms with van der Waals surface area (Å²) >= 11 is 0. The summed E-state index contributed by atoms with van der Waals surface area (Å²) in [6, 6.07) is 9.24. The minimum absolute atomic E-state index is 0.0550. The highest BCUT2D eigenvalue weighted by atomic mass is 16.2. The lowest BCUT2D eigenvalue weighted by molar-refractivity contribution is 0.0290. The number of hydrogen-bond acceptors (Lipinski definition) is 2. The topological polar surface area (TPSA) is 32.3 Å². The third-order valence-electron chi connectivity index (χ3n) is 8.52. The van der Waals surface area contributed by atoms with Crippen molar-refractivity contribution in [1.82, 2.24) is 10.2 Å². The molecule has 0 aromatic heterocycles. The number of hydrogen-bond donors (Lipinski definition) is 1. The molecule has 1 N–H and O–H groups in total. The molecule has 1 aliphatic heterocycles. The molecule has 0 saturated heterocycles. The minimum atomic E-state index is 0.0550. The van der Waals surface area contributed by atoms with E-state index >= 15 is 0 Å². The summed E-state index contributed by atoms with van der Waals surface area (Å²) in [4.78, 5) is 15.9. The molecule has 1 heterocycles. The number of benzene rings is 1. The summed E-state index contributed by atoms with van der Waals surface area (Å²) in [5.74, 6) is 1.51. The minimum Gasteiger partial charge on any atom is -0.316 e. The number of nitrogens with one attached hydrogen (secondary N) is 1. The number of amides is 1. The third-order valence-corrected chi connectivity index (χ3v) is 8.52. The van der Waals surface area contributed by atoms with Gasteiger partial charge in [-0.25, -0.2) is 0 Å². The van der Waals surface area contributed by atoms with Gasteiger partial charge in [0.2, 0.25) is 0 Å². The Morgan fingerprint density at radius 2 is 1.39 bits per heavy atom. The van der Waals surface area contributed by atoms with Crippen molar-refractivity contribution in [3.63, 3.8) is 0 Å². The molecule has 1 aromatic rings. The standard InChI is InChI=1S/C28H44N2O/c1-21-15-14-20-26(22(21)2)30-27(24-18-12-13-19-25(24)28(30)31)29-23-16-10-8-6-4-3-5-7-9-11-17-23/h12-13,18-19,21-23,26-27,29H,3-11,14-17,20H2,1-2H3/t21-,22+,26+,27+/m1/s1. The first kappa shape index (κ1) is 22.8. The molecule has 2 saturated carbocycles. The number of rotatable bonds is 3. The highest BCUT2D eigenvalue weighted by Gasteiger charge is 2.44. The van der Waals surface area contributed by atoms with E-state index in [0.29, 0.717) is 23.9 Å². The van der Waals surface area contributed by atoms with Crippen LogP contribution in [-0.2, 0) is 0 Å². The van der Waals surface area contributed by atoms with Gasteiger partial charge >= 0.3 is 0 Å². The van der Waals surface area contributed by atoms with Gasteiger partial charge in [0.15, 0.2) is 0 Å². The molecule has 2 fully saturated rings. The van der Waals surface area contributed by atoms with E-state index in [9.17, 15) is 4.79 Å². The average Bonchev–Trinajstić information content (AvgIpc) is 3.04. The first-order valence-corrected chi connectivity index (χ1v) is 13.3. The summed E-state index contributed by atoms with van der Waals surface area (Å²) in [5.41, 5.74) is 2.14. The Morgan fingerprint density at radius 3 is 2.06 bits per heavy atom. The van der Waals surface area contributed by atoms with Crippen LogP contribution in [0.1, 0.15) is 126 Å². The largest absolute Gasteiger partial charge is 0.316 e. The molecule has 0 spiro atoms. The van der Waals surface area contributed by atoms with E-state index < -0.39 is 0 Å². The second-order valence-corrected chi connectivity index (χ2v) is 10.7. The molecule has 0 unspecified atom stereocenters. The first-order valence-electron chi connectivity index (χ1n) is 13.3. The maximum Gasteiger partial charge on any atom is 0.256 e. The Kier molecular flexibility index (Phi) is 8.09. The maximum atomic E-state index is 13.6. The second kappa shape index (κ2) is 11.0. The number of fused-ring (bicyclic) bond motifs is 1. The number of nitrogens with zero attached hydrogens (tertiary/aromatic N) is 1. The predicted molar refractivity (Wildman–Crippen MR) is 129 cm³/mol. The fourth-order valence-electron chi connectivity index (χ4n) is 6.35. The van der Waals surface area contributed by atoms with Gasteiger partial charge in [-0.1, -0.05) is 103 Å². The van der Waals surface area contributed by atoms with Crippen LogP contribution in [0.2, 0.25) is 0 Å². The van der Waals surface area contributed by atoms with Crippen molar-refractivity contribution in [2.45, 2.75) is 122 Å². The molecule has 0 radical (unpaired) electrons. The van der Waals surface area contributed by atoms with E-state index in [-0.39, 0.29) is 12.1 Å². The van der Waals surface area contributed by atoms with Crippen LogP contribution in [0.5, 0.6) is 0 Å². The Balaban J connectivity index is 1.54. The third kappa shape index (κ3) is 5.35. The van der Waals surface area contributed by atoms with Gasteiger partial charge in [0.1, 0.15) is 6.17 Å². The Hall–Kier alpha value is -1.35. The summed E-state index contributed by atoms with van der Waals surface area (Å²) in [7, 11) is 0. The first-order chi connectivity index (χ1) is 15.2. The zero-order chi connectivity index (χ0) is 21.6. The van der Waals surface area contributed by atoms with Gasteiger partial charge in [-0.3, -0.25) is 10.1 Å². The molecule has 2 aliphatic carbocycles. The molecule has 172 valence electrons. The molecule has 0 bridgehead atoms. The molecule has 3 nitrogen and oxygen atoms in total. The molecule has 3 aliphatic rings. The fraction of sp³-hybridized carbons (Fsp3) is 0.750. The summed E-state index contributed by atoms with van der Waals surface area (Å²) in [6.45, 7) is 4.75. The molecule has 4 rings (SSSR count). The lowest BCUT2D eigenvalue weighted by Gasteiger charge is -2.43. The molecule has 1 amide bonds.